The predicted octanol–water partition coefficient (Wildman–Crippen LogP) is 1.11. The molecule has 1 aromatic rings. The van der Waals surface area contributed by atoms with Crippen molar-refractivity contribution < 1.29 is 9.59 Å². The number of amides is 3. The van der Waals surface area contributed by atoms with Crippen LogP contribution >= 0.6 is 0 Å². The van der Waals surface area contributed by atoms with Crippen LogP contribution in [0.25, 0.3) is 0 Å². The molecule has 0 aromatic carbocycles. The maximum atomic E-state index is 12.6. The maximum Gasteiger partial charge on any atom is 0.318 e. The average Bonchev–Trinajstić information content (AvgIpc) is 3.10. The molecule has 0 radical (unpaired) electrons. The molecular formula is C17H28N6O2. The van der Waals surface area contributed by atoms with E-state index in [9.17, 15) is 9.59 Å². The third-order valence-electron chi connectivity index (χ3n) is 4.87. The molecule has 3 amide bonds. The third-order valence-corrected chi connectivity index (χ3v) is 4.87. The number of carbonyl (C=O) groups is 2. The Hall–Kier alpha value is -2.12. The number of urea groups is 1. The van der Waals surface area contributed by atoms with E-state index in [2.05, 4.69) is 40.9 Å². The van der Waals surface area contributed by atoms with Crippen LogP contribution in [0.3, 0.4) is 0 Å². The van der Waals surface area contributed by atoms with Gasteiger partial charge >= 0.3 is 6.03 Å². The molecule has 0 aliphatic carbocycles. The number of likely N-dealkylation sites (tertiary alicyclic amines) is 1. The number of rotatable bonds is 2. The number of nitrogens with one attached hydrogen (secondary N) is 1. The van der Waals surface area contributed by atoms with Crippen LogP contribution in [0.4, 0.5) is 4.79 Å². The summed E-state index contributed by atoms with van der Waals surface area (Å²) in [7, 11) is 0. The highest BCUT2D eigenvalue weighted by atomic mass is 16.2. The summed E-state index contributed by atoms with van der Waals surface area (Å²) in [5, 5.41) is 11.4. The van der Waals surface area contributed by atoms with Crippen LogP contribution < -0.4 is 5.32 Å². The molecule has 138 valence electrons. The van der Waals surface area contributed by atoms with Gasteiger partial charge in [0.15, 0.2) is 5.82 Å². The van der Waals surface area contributed by atoms with Crippen LogP contribution in [0, 0.1) is 0 Å². The smallest absolute Gasteiger partial charge is 0.318 e. The first-order valence-corrected chi connectivity index (χ1v) is 8.97. The number of aromatic nitrogens is 3. The minimum atomic E-state index is -0.417. The van der Waals surface area contributed by atoms with E-state index >= 15 is 0 Å². The van der Waals surface area contributed by atoms with Gasteiger partial charge in [0, 0.05) is 31.1 Å². The molecule has 0 spiro atoms. The Kier molecular flexibility index (Phi) is 4.47. The molecular weight excluding hydrogens is 320 g/mol. The Labute approximate surface area is 148 Å². The van der Waals surface area contributed by atoms with E-state index in [1.165, 1.54) is 0 Å². The zero-order valence-electron chi connectivity index (χ0n) is 15.7. The van der Waals surface area contributed by atoms with Crippen molar-refractivity contribution in [2.75, 3.05) is 13.1 Å². The topological polar surface area (TPSA) is 83.4 Å². The van der Waals surface area contributed by atoms with Crippen molar-refractivity contribution in [1.29, 1.82) is 0 Å². The number of nitrogens with zero attached hydrogens (tertiary/aromatic N) is 5. The molecule has 1 saturated heterocycles. The molecule has 2 aliphatic rings. The van der Waals surface area contributed by atoms with Crippen molar-refractivity contribution >= 4 is 11.9 Å². The van der Waals surface area contributed by atoms with Gasteiger partial charge in [0.2, 0.25) is 5.91 Å². The zero-order valence-corrected chi connectivity index (χ0v) is 15.7. The standard InChI is InChI=1S/C17H28N6O2/c1-11(2)22-7-6-12(14(22)24)18-16(25)21-8-9-23-13(10-21)19-20-15(23)17(3,4)5/h11-12H,6-10H2,1-5H3,(H,18,25). The van der Waals surface area contributed by atoms with Crippen molar-refractivity contribution in [3.05, 3.63) is 11.6 Å². The second kappa shape index (κ2) is 6.31. The predicted molar refractivity (Wildman–Crippen MR) is 92.9 cm³/mol. The lowest BCUT2D eigenvalue weighted by molar-refractivity contribution is -0.130. The number of fused-ring (bicyclic) bond motifs is 1. The lowest BCUT2D eigenvalue weighted by Gasteiger charge is -2.30. The van der Waals surface area contributed by atoms with Crippen molar-refractivity contribution in [2.45, 2.75) is 71.6 Å². The Morgan fingerprint density at radius 2 is 1.92 bits per heavy atom. The summed E-state index contributed by atoms with van der Waals surface area (Å²) < 4.78 is 2.10. The highest BCUT2D eigenvalue weighted by molar-refractivity contribution is 5.88. The minimum Gasteiger partial charge on any atom is -0.338 e. The summed E-state index contributed by atoms with van der Waals surface area (Å²) in [4.78, 5) is 28.4. The number of hydrogen-bond donors (Lipinski definition) is 1. The molecule has 2 aliphatic heterocycles. The third kappa shape index (κ3) is 3.34. The highest BCUT2D eigenvalue weighted by Gasteiger charge is 2.36. The largest absolute Gasteiger partial charge is 0.338 e. The van der Waals surface area contributed by atoms with Gasteiger partial charge in [0.25, 0.3) is 0 Å². The Bertz CT molecular complexity index is 675. The van der Waals surface area contributed by atoms with E-state index < -0.39 is 6.04 Å². The SMILES string of the molecule is CC(C)N1CCC(NC(=O)N2CCn3c(nnc3C(C)(C)C)C2)C1=O. The van der Waals surface area contributed by atoms with E-state index in [0.29, 0.717) is 32.6 Å². The second-order valence-electron chi connectivity index (χ2n) is 8.18. The van der Waals surface area contributed by atoms with Crippen LogP contribution in [0.5, 0.6) is 0 Å². The van der Waals surface area contributed by atoms with Gasteiger partial charge in [0.05, 0.1) is 6.54 Å². The first-order valence-electron chi connectivity index (χ1n) is 8.97. The quantitative estimate of drug-likeness (QED) is 0.868. The van der Waals surface area contributed by atoms with Crippen molar-refractivity contribution in [1.82, 2.24) is 29.9 Å². The molecule has 0 bridgehead atoms. The summed E-state index contributed by atoms with van der Waals surface area (Å²) in [6.07, 6.45) is 0.668. The second-order valence-corrected chi connectivity index (χ2v) is 8.18. The summed E-state index contributed by atoms with van der Waals surface area (Å²) in [6.45, 7) is 12.7. The molecule has 1 unspecified atom stereocenters. The number of carbonyl (C=O) groups excluding carboxylic acids is 2. The summed E-state index contributed by atoms with van der Waals surface area (Å²) in [6, 6.07) is -0.450. The van der Waals surface area contributed by atoms with Crippen LogP contribution in [-0.4, -0.2) is 61.7 Å². The highest BCUT2D eigenvalue weighted by Crippen LogP contribution is 2.23. The van der Waals surface area contributed by atoms with E-state index in [0.717, 1.165) is 11.6 Å². The lowest BCUT2D eigenvalue weighted by atomic mass is 9.95. The van der Waals surface area contributed by atoms with Gasteiger partial charge in [0.1, 0.15) is 11.9 Å². The van der Waals surface area contributed by atoms with Crippen molar-refractivity contribution in [3.8, 4) is 0 Å². The Morgan fingerprint density at radius 3 is 2.52 bits per heavy atom. The van der Waals surface area contributed by atoms with Gasteiger partial charge in [-0.05, 0) is 20.3 Å². The van der Waals surface area contributed by atoms with Gasteiger partial charge in [-0.15, -0.1) is 10.2 Å². The molecule has 8 nitrogen and oxygen atoms in total. The van der Waals surface area contributed by atoms with E-state index in [-0.39, 0.29) is 23.4 Å². The van der Waals surface area contributed by atoms with Gasteiger partial charge in [-0.3, -0.25) is 4.79 Å². The molecule has 1 aromatic heterocycles. The molecule has 3 rings (SSSR count). The first-order chi connectivity index (χ1) is 11.7. The molecule has 3 heterocycles. The van der Waals surface area contributed by atoms with Crippen molar-refractivity contribution in [3.63, 3.8) is 0 Å². The van der Waals surface area contributed by atoms with Crippen LogP contribution in [0.1, 0.15) is 52.7 Å². The fourth-order valence-corrected chi connectivity index (χ4v) is 3.47. The van der Waals surface area contributed by atoms with Gasteiger partial charge in [-0.1, -0.05) is 20.8 Å². The molecule has 1 atom stereocenters. The molecule has 1 N–H and O–H groups in total. The summed E-state index contributed by atoms with van der Waals surface area (Å²) in [5.41, 5.74) is -0.0771. The Morgan fingerprint density at radius 1 is 1.20 bits per heavy atom. The van der Waals surface area contributed by atoms with E-state index in [1.54, 1.807) is 4.90 Å². The van der Waals surface area contributed by atoms with Crippen LogP contribution in [0.15, 0.2) is 0 Å². The lowest BCUT2D eigenvalue weighted by Crippen LogP contribution is -2.50. The molecule has 25 heavy (non-hydrogen) atoms. The summed E-state index contributed by atoms with van der Waals surface area (Å²) in [5.74, 6) is 1.76. The normalized spacial score (nSPS) is 21.0. The molecule has 1 fully saturated rings. The zero-order chi connectivity index (χ0) is 18.4. The average molecular weight is 348 g/mol. The minimum absolute atomic E-state index is 0.0125. The van der Waals surface area contributed by atoms with Gasteiger partial charge in [-0.2, -0.15) is 0 Å². The molecule has 0 saturated carbocycles. The van der Waals surface area contributed by atoms with Gasteiger partial charge < -0.3 is 19.7 Å². The maximum absolute atomic E-state index is 12.6. The Balaban J connectivity index is 1.64. The van der Waals surface area contributed by atoms with E-state index in [4.69, 9.17) is 0 Å². The molecule has 8 heteroatoms. The van der Waals surface area contributed by atoms with E-state index in [1.807, 2.05) is 18.7 Å². The van der Waals surface area contributed by atoms with Crippen LogP contribution in [0.2, 0.25) is 0 Å². The van der Waals surface area contributed by atoms with Crippen molar-refractivity contribution in [2.24, 2.45) is 0 Å². The number of hydrogen-bond acceptors (Lipinski definition) is 4. The summed E-state index contributed by atoms with van der Waals surface area (Å²) >= 11 is 0. The first kappa shape index (κ1) is 17.7. The van der Waals surface area contributed by atoms with Gasteiger partial charge in [-0.25, -0.2) is 4.79 Å². The monoisotopic (exact) mass is 348 g/mol. The fraction of sp³-hybridized carbons (Fsp3) is 0.765. The fourth-order valence-electron chi connectivity index (χ4n) is 3.47. The van der Waals surface area contributed by atoms with Crippen LogP contribution in [-0.2, 0) is 23.3 Å².